The molecule has 170 valence electrons. The van der Waals surface area contributed by atoms with E-state index in [1.54, 1.807) is 18.9 Å². The van der Waals surface area contributed by atoms with Crippen LogP contribution in [0.2, 0.25) is 0 Å². The predicted octanol–water partition coefficient (Wildman–Crippen LogP) is 2.24. The smallest absolute Gasteiger partial charge is 0.338 e. The summed E-state index contributed by atoms with van der Waals surface area (Å²) in [6, 6.07) is 6.66. The number of piperazine rings is 1. The zero-order chi connectivity index (χ0) is 22.4. The second kappa shape index (κ2) is 10.6. The van der Waals surface area contributed by atoms with Gasteiger partial charge in [-0.05, 0) is 38.1 Å². The Bertz CT molecular complexity index is 800. The minimum atomic E-state index is -0.563. The van der Waals surface area contributed by atoms with Crippen molar-refractivity contribution in [3.8, 4) is 5.75 Å². The number of amides is 2. The summed E-state index contributed by atoms with van der Waals surface area (Å²) in [6.45, 7) is 12.0. The van der Waals surface area contributed by atoms with E-state index in [-0.39, 0.29) is 18.6 Å². The number of hydrogen-bond acceptors (Lipinski definition) is 6. The number of carbonyl (C=O) groups excluding carboxylic acids is 2. The Balaban J connectivity index is 2.00. The predicted molar refractivity (Wildman–Crippen MR) is 119 cm³/mol. The first-order valence-corrected chi connectivity index (χ1v) is 11.1. The third kappa shape index (κ3) is 5.19. The third-order valence-corrected chi connectivity index (χ3v) is 5.98. The molecular formula is C23H34N4O4. The molecule has 2 aliphatic heterocycles. The summed E-state index contributed by atoms with van der Waals surface area (Å²) in [5.41, 5.74) is 2.06. The van der Waals surface area contributed by atoms with Crippen LogP contribution in [0, 0.1) is 0 Å². The van der Waals surface area contributed by atoms with Gasteiger partial charge in [-0.3, -0.25) is 9.80 Å². The molecule has 0 aliphatic carbocycles. The summed E-state index contributed by atoms with van der Waals surface area (Å²) in [5.74, 6) is 0.334. The Kier molecular flexibility index (Phi) is 7.92. The van der Waals surface area contributed by atoms with Gasteiger partial charge in [0.2, 0.25) is 0 Å². The molecule has 8 heteroatoms. The number of likely N-dealkylation sites (N-methyl/N-ethyl adjacent to an activating group) is 2. The van der Waals surface area contributed by atoms with Gasteiger partial charge in [0.15, 0.2) is 0 Å². The first-order valence-electron chi connectivity index (χ1n) is 11.1. The zero-order valence-electron chi connectivity index (χ0n) is 19.0. The molecule has 1 N–H and O–H groups in total. The molecule has 1 aromatic rings. The van der Waals surface area contributed by atoms with Crippen LogP contribution in [0.5, 0.6) is 5.75 Å². The van der Waals surface area contributed by atoms with E-state index in [2.05, 4.69) is 22.0 Å². The average Bonchev–Trinajstić information content (AvgIpc) is 2.79. The van der Waals surface area contributed by atoms with Crippen LogP contribution in [0.15, 0.2) is 35.5 Å². The van der Waals surface area contributed by atoms with Crippen molar-refractivity contribution in [2.45, 2.75) is 26.8 Å². The highest BCUT2D eigenvalue weighted by molar-refractivity contribution is 5.95. The fourth-order valence-electron chi connectivity index (χ4n) is 4.18. The van der Waals surface area contributed by atoms with Crippen molar-refractivity contribution in [3.63, 3.8) is 0 Å². The molecular weight excluding hydrogens is 396 g/mol. The van der Waals surface area contributed by atoms with Gasteiger partial charge in [-0.1, -0.05) is 19.1 Å². The summed E-state index contributed by atoms with van der Waals surface area (Å²) in [4.78, 5) is 32.5. The van der Waals surface area contributed by atoms with Crippen molar-refractivity contribution >= 4 is 12.0 Å². The molecule has 1 saturated heterocycles. The number of nitrogens with one attached hydrogen (secondary N) is 1. The fourth-order valence-corrected chi connectivity index (χ4v) is 4.18. The van der Waals surface area contributed by atoms with Gasteiger partial charge in [-0.2, -0.15) is 0 Å². The van der Waals surface area contributed by atoms with Crippen molar-refractivity contribution < 1.29 is 19.1 Å². The topological polar surface area (TPSA) is 74.4 Å². The number of esters is 1. The minimum absolute atomic E-state index is 0.196. The van der Waals surface area contributed by atoms with E-state index in [1.165, 1.54) is 0 Å². The number of methoxy groups -OCH3 is 1. The lowest BCUT2D eigenvalue weighted by atomic mass is 9.94. The molecule has 0 spiro atoms. The van der Waals surface area contributed by atoms with Gasteiger partial charge in [0.25, 0.3) is 0 Å². The molecule has 8 nitrogen and oxygen atoms in total. The van der Waals surface area contributed by atoms with Gasteiger partial charge < -0.3 is 19.7 Å². The fraction of sp³-hybridized carbons (Fsp3) is 0.565. The van der Waals surface area contributed by atoms with Gasteiger partial charge in [-0.25, -0.2) is 9.59 Å². The lowest BCUT2D eigenvalue weighted by Crippen LogP contribution is -2.53. The van der Waals surface area contributed by atoms with E-state index in [9.17, 15) is 9.59 Å². The van der Waals surface area contributed by atoms with Crippen LogP contribution in [0.4, 0.5) is 4.79 Å². The first kappa shape index (κ1) is 23.1. The normalized spacial score (nSPS) is 20.6. The SMILES string of the molecule is CCOC(=O)C1=C(CN2CCN(CC)CC2)N(CC)C(=O)N[C@H]1c1ccc(OC)cc1. The summed E-state index contributed by atoms with van der Waals surface area (Å²) >= 11 is 0. The molecule has 1 aromatic carbocycles. The van der Waals surface area contributed by atoms with Crippen LogP contribution in [-0.4, -0.2) is 86.2 Å². The van der Waals surface area contributed by atoms with Crippen LogP contribution in [0.3, 0.4) is 0 Å². The van der Waals surface area contributed by atoms with E-state index in [0.29, 0.717) is 18.7 Å². The Hall–Kier alpha value is -2.58. The number of ether oxygens (including phenoxy) is 2. The summed E-state index contributed by atoms with van der Waals surface area (Å²) in [5, 5.41) is 3.00. The van der Waals surface area contributed by atoms with Crippen LogP contribution < -0.4 is 10.1 Å². The maximum Gasteiger partial charge on any atom is 0.338 e. The van der Waals surface area contributed by atoms with Gasteiger partial charge in [-0.15, -0.1) is 0 Å². The summed E-state index contributed by atoms with van der Waals surface area (Å²) in [7, 11) is 1.61. The summed E-state index contributed by atoms with van der Waals surface area (Å²) in [6.07, 6.45) is 0. The maximum absolute atomic E-state index is 13.1. The van der Waals surface area contributed by atoms with Gasteiger partial charge in [0.05, 0.1) is 25.3 Å². The molecule has 2 amide bonds. The number of hydrogen-bond donors (Lipinski definition) is 1. The molecule has 3 rings (SSSR count). The standard InChI is InChI=1S/C23H34N4O4/c1-5-25-12-14-26(15-13-25)16-19-20(22(28)31-7-3)21(24-23(29)27(19)6-2)17-8-10-18(30-4)11-9-17/h8-11,21H,5-7,12-16H2,1-4H3,(H,24,29)/t21-/m0/s1. The highest BCUT2D eigenvalue weighted by Gasteiger charge is 2.38. The number of benzene rings is 1. The lowest BCUT2D eigenvalue weighted by Gasteiger charge is -2.40. The molecule has 2 aliphatic rings. The lowest BCUT2D eigenvalue weighted by molar-refractivity contribution is -0.139. The minimum Gasteiger partial charge on any atom is -0.497 e. The Labute approximate surface area is 184 Å². The molecule has 31 heavy (non-hydrogen) atoms. The van der Waals surface area contributed by atoms with Crippen LogP contribution in [-0.2, 0) is 9.53 Å². The molecule has 0 saturated carbocycles. The highest BCUT2D eigenvalue weighted by atomic mass is 16.5. The molecule has 1 fully saturated rings. The Morgan fingerprint density at radius 3 is 2.23 bits per heavy atom. The van der Waals surface area contributed by atoms with Crippen molar-refractivity contribution in [1.29, 1.82) is 0 Å². The monoisotopic (exact) mass is 430 g/mol. The number of nitrogens with zero attached hydrogens (tertiary/aromatic N) is 3. The highest BCUT2D eigenvalue weighted by Crippen LogP contribution is 2.33. The van der Waals surface area contributed by atoms with Gasteiger partial charge in [0, 0.05) is 45.0 Å². The number of urea groups is 1. The average molecular weight is 431 g/mol. The number of carbonyl (C=O) groups is 2. The van der Waals surface area contributed by atoms with E-state index in [4.69, 9.17) is 9.47 Å². The molecule has 0 radical (unpaired) electrons. The summed E-state index contributed by atoms with van der Waals surface area (Å²) < 4.78 is 10.7. The molecule has 0 bridgehead atoms. The van der Waals surface area contributed by atoms with Crippen LogP contribution >= 0.6 is 0 Å². The molecule has 1 atom stereocenters. The third-order valence-electron chi connectivity index (χ3n) is 5.98. The van der Waals surface area contributed by atoms with Crippen molar-refractivity contribution in [2.75, 3.05) is 59.5 Å². The maximum atomic E-state index is 13.1. The number of rotatable bonds is 8. The van der Waals surface area contributed by atoms with Gasteiger partial charge in [0.1, 0.15) is 5.75 Å². The second-order valence-corrected chi connectivity index (χ2v) is 7.69. The Morgan fingerprint density at radius 1 is 1.03 bits per heavy atom. The van der Waals surface area contributed by atoms with Crippen molar-refractivity contribution in [2.24, 2.45) is 0 Å². The molecule has 0 aromatic heterocycles. The van der Waals surface area contributed by atoms with E-state index in [0.717, 1.165) is 49.7 Å². The first-order chi connectivity index (χ1) is 15.0. The zero-order valence-corrected chi connectivity index (χ0v) is 19.0. The Morgan fingerprint density at radius 2 is 1.68 bits per heavy atom. The van der Waals surface area contributed by atoms with Crippen LogP contribution in [0.25, 0.3) is 0 Å². The van der Waals surface area contributed by atoms with Gasteiger partial charge >= 0.3 is 12.0 Å². The van der Waals surface area contributed by atoms with E-state index >= 15 is 0 Å². The van der Waals surface area contributed by atoms with E-state index in [1.807, 2.05) is 31.2 Å². The van der Waals surface area contributed by atoms with Crippen LogP contribution in [0.1, 0.15) is 32.4 Å². The second-order valence-electron chi connectivity index (χ2n) is 7.69. The largest absolute Gasteiger partial charge is 0.497 e. The molecule has 0 unspecified atom stereocenters. The molecule has 2 heterocycles. The van der Waals surface area contributed by atoms with Crippen molar-refractivity contribution in [1.82, 2.24) is 20.0 Å². The quantitative estimate of drug-likeness (QED) is 0.638. The van der Waals surface area contributed by atoms with Crippen molar-refractivity contribution in [3.05, 3.63) is 41.1 Å². The van der Waals surface area contributed by atoms with E-state index < -0.39 is 6.04 Å².